The Hall–Kier alpha value is -1.23. The highest BCUT2D eigenvalue weighted by Gasteiger charge is 2.58. The summed E-state index contributed by atoms with van der Waals surface area (Å²) in [5.74, 6) is -0.597. The van der Waals surface area contributed by atoms with E-state index in [4.69, 9.17) is 4.74 Å². The molecule has 0 spiro atoms. The first-order chi connectivity index (χ1) is 11.3. The predicted molar refractivity (Wildman–Crippen MR) is 92.3 cm³/mol. The SMILES string of the molecule is C=C1CCC2OC2(C)C(O)CC2C(C=O)=CC(C=C(C)C)C(O)C12. The Morgan fingerprint density at radius 3 is 2.75 bits per heavy atom. The van der Waals surface area contributed by atoms with Crippen LogP contribution in [0.3, 0.4) is 0 Å². The van der Waals surface area contributed by atoms with E-state index in [1.165, 1.54) is 0 Å². The molecule has 1 saturated heterocycles. The number of aliphatic hydroxyl groups excluding tert-OH is 2. The molecule has 7 unspecified atom stereocenters. The van der Waals surface area contributed by atoms with Crippen molar-refractivity contribution in [2.24, 2.45) is 17.8 Å². The Morgan fingerprint density at radius 1 is 1.42 bits per heavy atom. The van der Waals surface area contributed by atoms with Gasteiger partial charge in [0.05, 0.1) is 18.3 Å². The minimum Gasteiger partial charge on any atom is -0.392 e. The normalized spacial score (nSPS) is 44.9. The largest absolute Gasteiger partial charge is 0.392 e. The number of epoxide rings is 1. The fraction of sp³-hybridized carbons (Fsp3) is 0.650. The second kappa shape index (κ2) is 6.25. The molecule has 2 fully saturated rings. The summed E-state index contributed by atoms with van der Waals surface area (Å²) in [7, 11) is 0. The molecule has 3 rings (SSSR count). The lowest BCUT2D eigenvalue weighted by molar-refractivity contribution is -0.106. The van der Waals surface area contributed by atoms with Gasteiger partial charge in [-0.25, -0.2) is 0 Å². The second-order valence-corrected chi connectivity index (χ2v) is 7.97. The summed E-state index contributed by atoms with van der Waals surface area (Å²) >= 11 is 0. The van der Waals surface area contributed by atoms with Crippen LogP contribution in [0.25, 0.3) is 0 Å². The van der Waals surface area contributed by atoms with Gasteiger partial charge in [0.1, 0.15) is 11.9 Å². The Balaban J connectivity index is 1.99. The highest BCUT2D eigenvalue weighted by molar-refractivity contribution is 5.75. The number of hydrogen-bond acceptors (Lipinski definition) is 4. The first-order valence-electron chi connectivity index (χ1n) is 8.81. The molecular formula is C20H28O4. The molecule has 3 aliphatic rings. The van der Waals surface area contributed by atoms with Gasteiger partial charge in [-0.05, 0) is 51.5 Å². The third kappa shape index (κ3) is 2.92. The molecule has 0 amide bonds. The zero-order valence-electron chi connectivity index (χ0n) is 14.7. The van der Waals surface area contributed by atoms with E-state index in [1.807, 2.05) is 32.9 Å². The van der Waals surface area contributed by atoms with Gasteiger partial charge in [0.25, 0.3) is 0 Å². The van der Waals surface area contributed by atoms with Crippen LogP contribution < -0.4 is 0 Å². The topological polar surface area (TPSA) is 70.1 Å². The number of hydrogen-bond donors (Lipinski definition) is 2. The average molecular weight is 332 g/mol. The van der Waals surface area contributed by atoms with E-state index in [0.29, 0.717) is 12.0 Å². The Morgan fingerprint density at radius 2 is 2.12 bits per heavy atom. The average Bonchev–Trinajstić information content (AvgIpc) is 3.18. The van der Waals surface area contributed by atoms with E-state index in [9.17, 15) is 15.0 Å². The van der Waals surface area contributed by atoms with E-state index in [0.717, 1.165) is 30.3 Å². The Bertz CT molecular complexity index is 601. The molecule has 0 aromatic heterocycles. The summed E-state index contributed by atoms with van der Waals surface area (Å²) in [6, 6.07) is 0. The first kappa shape index (κ1) is 17.6. The highest BCUT2D eigenvalue weighted by Crippen LogP contribution is 2.50. The molecule has 1 aliphatic heterocycles. The van der Waals surface area contributed by atoms with Crippen molar-refractivity contribution in [2.45, 2.75) is 63.9 Å². The van der Waals surface area contributed by atoms with Crippen LogP contribution >= 0.6 is 0 Å². The lowest BCUT2D eigenvalue weighted by Gasteiger charge is -2.40. The van der Waals surface area contributed by atoms with Crippen LogP contribution in [0.1, 0.15) is 40.0 Å². The van der Waals surface area contributed by atoms with Crippen LogP contribution in [0.4, 0.5) is 0 Å². The lowest BCUT2D eigenvalue weighted by atomic mass is 9.67. The number of carbonyl (C=O) groups excluding carboxylic acids is 1. The van der Waals surface area contributed by atoms with Gasteiger partial charge in [0, 0.05) is 11.8 Å². The van der Waals surface area contributed by atoms with Crippen LogP contribution in [0.5, 0.6) is 0 Å². The monoisotopic (exact) mass is 332 g/mol. The molecule has 1 heterocycles. The van der Waals surface area contributed by atoms with Gasteiger partial charge in [-0.1, -0.05) is 29.9 Å². The van der Waals surface area contributed by atoms with E-state index >= 15 is 0 Å². The summed E-state index contributed by atoms with van der Waals surface area (Å²) in [4.78, 5) is 11.7. The third-order valence-corrected chi connectivity index (χ3v) is 5.99. The maximum Gasteiger partial charge on any atom is 0.146 e. The van der Waals surface area contributed by atoms with Crippen molar-refractivity contribution in [3.8, 4) is 0 Å². The van der Waals surface area contributed by atoms with Crippen molar-refractivity contribution in [1.29, 1.82) is 0 Å². The van der Waals surface area contributed by atoms with Crippen molar-refractivity contribution >= 4 is 6.29 Å². The molecule has 4 heteroatoms. The molecule has 0 bridgehead atoms. The molecule has 0 aromatic carbocycles. The van der Waals surface area contributed by atoms with Crippen LogP contribution in [0.2, 0.25) is 0 Å². The summed E-state index contributed by atoms with van der Waals surface area (Å²) < 4.78 is 5.72. The highest BCUT2D eigenvalue weighted by atomic mass is 16.6. The maximum atomic E-state index is 11.7. The minimum atomic E-state index is -0.642. The summed E-state index contributed by atoms with van der Waals surface area (Å²) in [6.07, 6.45) is 5.49. The van der Waals surface area contributed by atoms with Crippen LogP contribution in [-0.2, 0) is 9.53 Å². The Kier molecular flexibility index (Phi) is 4.58. The zero-order valence-corrected chi connectivity index (χ0v) is 14.7. The summed E-state index contributed by atoms with van der Waals surface area (Å²) in [5, 5.41) is 21.6. The molecule has 1 saturated carbocycles. The molecule has 2 N–H and O–H groups in total. The van der Waals surface area contributed by atoms with Crippen molar-refractivity contribution in [2.75, 3.05) is 0 Å². The van der Waals surface area contributed by atoms with E-state index in [-0.39, 0.29) is 23.9 Å². The number of allylic oxidation sites excluding steroid dienone is 2. The smallest absolute Gasteiger partial charge is 0.146 e. The molecule has 0 aromatic rings. The third-order valence-electron chi connectivity index (χ3n) is 5.99. The van der Waals surface area contributed by atoms with Gasteiger partial charge >= 0.3 is 0 Å². The van der Waals surface area contributed by atoms with Crippen molar-refractivity contribution in [3.63, 3.8) is 0 Å². The van der Waals surface area contributed by atoms with E-state index < -0.39 is 17.8 Å². The van der Waals surface area contributed by atoms with Gasteiger partial charge in [0.15, 0.2) is 0 Å². The molecule has 132 valence electrons. The van der Waals surface area contributed by atoms with Crippen LogP contribution in [0, 0.1) is 17.8 Å². The predicted octanol–water partition coefficient (Wildman–Crippen LogP) is 2.56. The summed E-state index contributed by atoms with van der Waals surface area (Å²) in [6.45, 7) is 10.1. The molecule has 4 nitrogen and oxygen atoms in total. The van der Waals surface area contributed by atoms with Gasteiger partial charge in [-0.2, -0.15) is 0 Å². The van der Waals surface area contributed by atoms with Crippen molar-refractivity contribution in [3.05, 3.63) is 35.5 Å². The fourth-order valence-electron chi connectivity index (χ4n) is 4.46. The van der Waals surface area contributed by atoms with Crippen LogP contribution in [0.15, 0.2) is 35.5 Å². The fourth-order valence-corrected chi connectivity index (χ4v) is 4.46. The maximum absolute atomic E-state index is 11.7. The van der Waals surface area contributed by atoms with E-state index in [2.05, 4.69) is 6.58 Å². The first-order valence-corrected chi connectivity index (χ1v) is 8.81. The minimum absolute atomic E-state index is 0.0405. The molecule has 7 atom stereocenters. The van der Waals surface area contributed by atoms with E-state index in [1.54, 1.807) is 0 Å². The van der Waals surface area contributed by atoms with Crippen LogP contribution in [-0.4, -0.2) is 40.4 Å². The zero-order chi connectivity index (χ0) is 17.6. The van der Waals surface area contributed by atoms with Gasteiger partial charge in [-0.3, -0.25) is 4.79 Å². The number of aliphatic hydroxyl groups is 2. The number of aldehydes is 1. The molecule has 24 heavy (non-hydrogen) atoms. The lowest BCUT2D eigenvalue weighted by Crippen LogP contribution is -2.42. The number of fused-ring (bicyclic) bond motifs is 2. The summed E-state index contributed by atoms with van der Waals surface area (Å²) in [5.41, 5.74) is 2.20. The number of carbonyl (C=O) groups is 1. The molecular weight excluding hydrogens is 304 g/mol. The molecule has 0 radical (unpaired) electrons. The standard InChI is InChI=1S/C20H28O4/c1-11(2)7-13-8-14(10-21)15-9-16(22)20(4)17(24-20)6-5-12(3)18(15)19(13)23/h7-8,10,13,15-19,22-23H,3,5-6,9H2,1-2,4H3. The van der Waals surface area contributed by atoms with Gasteiger partial charge in [-0.15, -0.1) is 0 Å². The van der Waals surface area contributed by atoms with Crippen molar-refractivity contribution < 1.29 is 19.7 Å². The van der Waals surface area contributed by atoms with Crippen molar-refractivity contribution in [1.82, 2.24) is 0 Å². The second-order valence-electron chi connectivity index (χ2n) is 7.97. The Labute approximate surface area is 143 Å². The van der Waals surface area contributed by atoms with Gasteiger partial charge in [0.2, 0.25) is 0 Å². The molecule has 2 aliphatic carbocycles. The van der Waals surface area contributed by atoms with Gasteiger partial charge < -0.3 is 14.9 Å². The number of ether oxygens (including phenoxy) is 1. The quantitative estimate of drug-likeness (QED) is 0.463. The number of rotatable bonds is 2.